The Labute approximate surface area is 185 Å². The molecule has 0 radical (unpaired) electrons. The van der Waals surface area contributed by atoms with Crippen LogP contribution in [0.25, 0.3) is 10.2 Å². The van der Waals surface area contributed by atoms with E-state index in [-0.39, 0.29) is 10.8 Å². The summed E-state index contributed by atoms with van der Waals surface area (Å²) < 4.78 is 29.4. The molecule has 0 saturated heterocycles. The van der Waals surface area contributed by atoms with Crippen LogP contribution in [0.2, 0.25) is 0 Å². The monoisotopic (exact) mass is 451 g/mol. The molecule has 3 aromatic carbocycles. The number of thiazole rings is 1. The van der Waals surface area contributed by atoms with Crippen LogP contribution in [0, 0.1) is 20.8 Å². The van der Waals surface area contributed by atoms with E-state index < -0.39 is 10.0 Å². The van der Waals surface area contributed by atoms with Gasteiger partial charge in [0.2, 0.25) is 0 Å². The number of aromatic nitrogens is 1. The fourth-order valence-electron chi connectivity index (χ4n) is 3.27. The fourth-order valence-corrected chi connectivity index (χ4v) is 5.62. The lowest BCUT2D eigenvalue weighted by molar-refractivity contribution is 0.102. The highest BCUT2D eigenvalue weighted by molar-refractivity contribution is 7.92. The molecule has 31 heavy (non-hydrogen) atoms. The molecule has 1 aromatic heterocycles. The Balaban J connectivity index is 1.63. The first-order valence-electron chi connectivity index (χ1n) is 9.60. The maximum absolute atomic E-state index is 12.9. The molecule has 8 heteroatoms. The molecule has 1 heterocycles. The second kappa shape index (κ2) is 8.13. The standard InChI is InChI=1S/C23H21N3O3S2/c1-14-9-10-15(2)20(11-14)31(28,29)26-18-12-16(3)21-19(13-18)30-23(24-21)25-22(27)17-7-5-4-6-8-17/h4-13,26H,1-3H3,(H,24,25,27). The molecule has 0 fully saturated rings. The van der Waals surface area contributed by atoms with Crippen molar-refractivity contribution in [2.75, 3.05) is 10.0 Å². The molecule has 4 rings (SSSR count). The quantitative estimate of drug-likeness (QED) is 0.432. The molecular formula is C23H21N3O3S2. The van der Waals surface area contributed by atoms with Crippen molar-refractivity contribution in [3.63, 3.8) is 0 Å². The summed E-state index contributed by atoms with van der Waals surface area (Å²) in [5.41, 5.74) is 4.09. The predicted molar refractivity (Wildman–Crippen MR) is 125 cm³/mol. The number of carbonyl (C=O) groups is 1. The second-order valence-electron chi connectivity index (χ2n) is 7.35. The molecule has 0 aliphatic carbocycles. The van der Waals surface area contributed by atoms with Crippen LogP contribution in [0.15, 0.2) is 65.6 Å². The molecule has 0 aliphatic heterocycles. The first kappa shape index (κ1) is 21.0. The molecule has 6 nitrogen and oxygen atoms in total. The lowest BCUT2D eigenvalue weighted by Crippen LogP contribution is -2.14. The average Bonchev–Trinajstić information content (AvgIpc) is 3.13. The van der Waals surface area contributed by atoms with Crippen molar-refractivity contribution in [2.45, 2.75) is 25.7 Å². The van der Waals surface area contributed by atoms with Crippen molar-refractivity contribution >= 4 is 48.3 Å². The molecule has 0 atom stereocenters. The molecule has 0 unspecified atom stereocenters. The Morgan fingerprint density at radius 3 is 2.42 bits per heavy atom. The van der Waals surface area contributed by atoms with Crippen molar-refractivity contribution in [1.82, 2.24) is 4.98 Å². The van der Waals surface area contributed by atoms with Crippen LogP contribution in [0.4, 0.5) is 10.8 Å². The van der Waals surface area contributed by atoms with Crippen LogP contribution < -0.4 is 10.0 Å². The molecule has 0 aliphatic rings. The first-order chi connectivity index (χ1) is 14.7. The minimum atomic E-state index is -3.74. The third-order valence-corrected chi connectivity index (χ3v) is 7.27. The molecule has 0 bridgehead atoms. The van der Waals surface area contributed by atoms with Crippen LogP contribution in [-0.4, -0.2) is 19.3 Å². The van der Waals surface area contributed by atoms with E-state index in [2.05, 4.69) is 15.0 Å². The van der Waals surface area contributed by atoms with Gasteiger partial charge in [-0.25, -0.2) is 13.4 Å². The Kier molecular flexibility index (Phi) is 5.51. The Hall–Kier alpha value is -3.23. The number of benzene rings is 3. The van der Waals surface area contributed by atoms with Crippen molar-refractivity contribution in [3.8, 4) is 0 Å². The number of hydrogen-bond acceptors (Lipinski definition) is 5. The van der Waals surface area contributed by atoms with E-state index in [1.807, 2.05) is 26.0 Å². The molecule has 0 spiro atoms. The highest BCUT2D eigenvalue weighted by atomic mass is 32.2. The van der Waals surface area contributed by atoms with Crippen LogP contribution in [0.1, 0.15) is 27.0 Å². The zero-order valence-electron chi connectivity index (χ0n) is 17.3. The summed E-state index contributed by atoms with van der Waals surface area (Å²) in [4.78, 5) is 17.2. The Bertz CT molecular complexity index is 1390. The van der Waals surface area contributed by atoms with E-state index in [1.165, 1.54) is 11.3 Å². The highest BCUT2D eigenvalue weighted by Crippen LogP contribution is 2.32. The summed E-state index contributed by atoms with van der Waals surface area (Å²) in [5, 5.41) is 3.27. The highest BCUT2D eigenvalue weighted by Gasteiger charge is 2.19. The van der Waals surface area contributed by atoms with Crippen LogP contribution in [-0.2, 0) is 10.0 Å². The minimum absolute atomic E-state index is 0.242. The number of rotatable bonds is 5. The third-order valence-electron chi connectivity index (χ3n) is 4.83. The summed E-state index contributed by atoms with van der Waals surface area (Å²) in [5.74, 6) is -0.242. The smallest absolute Gasteiger partial charge is 0.262 e. The summed E-state index contributed by atoms with van der Waals surface area (Å²) in [6.07, 6.45) is 0. The van der Waals surface area contributed by atoms with Gasteiger partial charge in [0, 0.05) is 5.56 Å². The molecule has 158 valence electrons. The largest absolute Gasteiger partial charge is 0.298 e. The summed E-state index contributed by atoms with van der Waals surface area (Å²) in [6.45, 7) is 5.49. The van der Waals surface area contributed by atoms with Gasteiger partial charge in [-0.1, -0.05) is 41.7 Å². The molecule has 4 aromatic rings. The molecule has 1 amide bonds. The van der Waals surface area contributed by atoms with E-state index in [4.69, 9.17) is 0 Å². The number of anilines is 2. The number of fused-ring (bicyclic) bond motifs is 1. The summed E-state index contributed by atoms with van der Waals surface area (Å²) >= 11 is 1.30. The molecule has 0 saturated carbocycles. The van der Waals surface area contributed by atoms with E-state index >= 15 is 0 Å². The fraction of sp³-hybridized carbons (Fsp3) is 0.130. The van der Waals surface area contributed by atoms with Gasteiger partial charge in [-0.15, -0.1) is 0 Å². The number of nitrogens with zero attached hydrogens (tertiary/aromatic N) is 1. The lowest BCUT2D eigenvalue weighted by Gasteiger charge is -2.12. The zero-order valence-corrected chi connectivity index (χ0v) is 18.9. The van der Waals surface area contributed by atoms with Crippen molar-refractivity contribution in [1.29, 1.82) is 0 Å². The molecule has 2 N–H and O–H groups in total. The van der Waals surface area contributed by atoms with Crippen molar-refractivity contribution in [2.24, 2.45) is 0 Å². The predicted octanol–water partition coefficient (Wildman–Crippen LogP) is 5.27. The van der Waals surface area contributed by atoms with Gasteiger partial charge in [-0.3, -0.25) is 14.8 Å². The van der Waals surface area contributed by atoms with E-state index in [0.717, 1.165) is 21.3 Å². The number of carbonyl (C=O) groups excluding carboxylic acids is 1. The van der Waals surface area contributed by atoms with E-state index in [0.29, 0.717) is 21.9 Å². The van der Waals surface area contributed by atoms with E-state index in [9.17, 15) is 13.2 Å². The lowest BCUT2D eigenvalue weighted by atomic mass is 10.2. The SMILES string of the molecule is Cc1ccc(C)c(S(=O)(=O)Nc2cc(C)c3nc(NC(=O)c4ccccc4)sc3c2)c1. The third kappa shape index (κ3) is 4.45. The Morgan fingerprint density at radius 1 is 0.935 bits per heavy atom. The normalized spacial score (nSPS) is 11.5. The van der Waals surface area contributed by atoms with Gasteiger partial charge in [-0.05, 0) is 67.8 Å². The van der Waals surface area contributed by atoms with Crippen molar-refractivity contribution in [3.05, 3.63) is 82.9 Å². The van der Waals surface area contributed by atoms with Gasteiger partial charge in [0.05, 0.1) is 20.8 Å². The summed E-state index contributed by atoms with van der Waals surface area (Å²) in [6, 6.07) is 17.7. The van der Waals surface area contributed by atoms with Crippen LogP contribution in [0.3, 0.4) is 0 Å². The number of nitrogens with one attached hydrogen (secondary N) is 2. The number of aryl methyl sites for hydroxylation is 3. The second-order valence-corrected chi connectivity index (χ2v) is 10.0. The van der Waals surface area contributed by atoms with Gasteiger partial charge in [0.25, 0.3) is 15.9 Å². The Morgan fingerprint density at radius 2 is 1.68 bits per heavy atom. The zero-order chi connectivity index (χ0) is 22.2. The molecular weight excluding hydrogens is 430 g/mol. The first-order valence-corrected chi connectivity index (χ1v) is 11.9. The maximum Gasteiger partial charge on any atom is 0.262 e. The topological polar surface area (TPSA) is 88.2 Å². The van der Waals surface area contributed by atoms with Gasteiger partial charge in [0.15, 0.2) is 5.13 Å². The van der Waals surface area contributed by atoms with Gasteiger partial charge in [0.1, 0.15) is 0 Å². The van der Waals surface area contributed by atoms with Crippen molar-refractivity contribution < 1.29 is 13.2 Å². The van der Waals surface area contributed by atoms with Gasteiger partial charge < -0.3 is 0 Å². The summed E-state index contributed by atoms with van der Waals surface area (Å²) in [7, 11) is -3.74. The van der Waals surface area contributed by atoms with Crippen LogP contribution in [0.5, 0.6) is 0 Å². The van der Waals surface area contributed by atoms with E-state index in [1.54, 1.807) is 55.5 Å². The number of hydrogen-bond donors (Lipinski definition) is 2. The minimum Gasteiger partial charge on any atom is -0.298 e. The maximum atomic E-state index is 12.9. The average molecular weight is 452 g/mol. The van der Waals surface area contributed by atoms with Gasteiger partial charge >= 0.3 is 0 Å². The number of amides is 1. The van der Waals surface area contributed by atoms with Crippen LogP contribution >= 0.6 is 11.3 Å². The van der Waals surface area contributed by atoms with Gasteiger partial charge in [-0.2, -0.15) is 0 Å². The number of sulfonamides is 1.